The third kappa shape index (κ3) is 3.47. The highest BCUT2D eigenvalue weighted by atomic mass is 16.2. The Balaban J connectivity index is 1.42. The zero-order valence-electron chi connectivity index (χ0n) is 17.0. The van der Waals surface area contributed by atoms with Crippen LogP contribution in [0.15, 0.2) is 73.1 Å². The summed E-state index contributed by atoms with van der Waals surface area (Å²) in [7, 11) is 0. The van der Waals surface area contributed by atoms with E-state index in [-0.39, 0.29) is 11.8 Å². The Morgan fingerprint density at radius 3 is 2.77 bits per heavy atom. The molecule has 1 aromatic carbocycles. The summed E-state index contributed by atoms with van der Waals surface area (Å²) in [6.07, 6.45) is 6.01. The van der Waals surface area contributed by atoms with Crippen molar-refractivity contribution in [3.8, 4) is 11.4 Å². The van der Waals surface area contributed by atoms with Gasteiger partial charge in [0, 0.05) is 36.5 Å². The van der Waals surface area contributed by atoms with Gasteiger partial charge in [0.2, 0.25) is 0 Å². The molecule has 1 amide bonds. The second kappa shape index (κ2) is 7.75. The van der Waals surface area contributed by atoms with E-state index in [2.05, 4.69) is 40.7 Å². The van der Waals surface area contributed by atoms with Crippen LogP contribution < -0.4 is 0 Å². The van der Waals surface area contributed by atoms with Crippen LogP contribution in [-0.2, 0) is 0 Å². The predicted octanol–water partition coefficient (Wildman–Crippen LogP) is 4.72. The lowest BCUT2D eigenvalue weighted by Gasteiger charge is -2.32. The molecule has 1 aliphatic heterocycles. The van der Waals surface area contributed by atoms with Crippen LogP contribution in [-0.4, -0.2) is 38.3 Å². The molecule has 0 radical (unpaired) electrons. The van der Waals surface area contributed by atoms with Gasteiger partial charge in [0.05, 0.1) is 17.6 Å². The van der Waals surface area contributed by atoms with Crippen LogP contribution in [0.5, 0.6) is 0 Å². The Morgan fingerprint density at radius 1 is 1.03 bits per heavy atom. The predicted molar refractivity (Wildman–Crippen MR) is 117 cm³/mol. The van der Waals surface area contributed by atoms with Gasteiger partial charge in [-0.2, -0.15) is 0 Å². The summed E-state index contributed by atoms with van der Waals surface area (Å²) in [6.45, 7) is 3.58. The van der Waals surface area contributed by atoms with Crippen molar-refractivity contribution in [2.24, 2.45) is 0 Å². The van der Waals surface area contributed by atoms with Gasteiger partial charge in [-0.15, -0.1) is 0 Å². The van der Waals surface area contributed by atoms with Crippen molar-refractivity contribution in [3.05, 3.63) is 89.9 Å². The third-order valence-electron chi connectivity index (χ3n) is 5.83. The second-order valence-corrected chi connectivity index (χ2v) is 7.98. The number of pyridine rings is 2. The first-order valence-corrected chi connectivity index (χ1v) is 10.4. The zero-order chi connectivity index (χ0) is 20.5. The standard InChI is InChI=1S/C25H24N4O/c1-18-12-13-24-26-15-23(29(24)16-18)22-11-5-10-21(27-22)20-9-6-14-28(17-20)25(30)19-7-3-2-4-8-19/h2-5,7-8,10-13,15-16,20H,6,9,14,17H2,1H3/t20-/m0/s1. The molecule has 1 atom stereocenters. The molecule has 0 spiro atoms. The molecule has 0 N–H and O–H groups in total. The largest absolute Gasteiger partial charge is 0.338 e. The molecule has 5 heteroatoms. The molecule has 1 aliphatic rings. The first-order valence-electron chi connectivity index (χ1n) is 10.4. The number of hydrogen-bond donors (Lipinski definition) is 0. The van der Waals surface area contributed by atoms with Crippen molar-refractivity contribution in [1.29, 1.82) is 0 Å². The minimum Gasteiger partial charge on any atom is -0.338 e. The van der Waals surface area contributed by atoms with Gasteiger partial charge in [-0.3, -0.25) is 14.2 Å². The summed E-state index contributed by atoms with van der Waals surface area (Å²) >= 11 is 0. The lowest BCUT2D eigenvalue weighted by atomic mass is 9.93. The molecule has 1 saturated heterocycles. The topological polar surface area (TPSA) is 50.5 Å². The zero-order valence-corrected chi connectivity index (χ0v) is 17.0. The van der Waals surface area contributed by atoms with Gasteiger partial charge >= 0.3 is 0 Å². The Labute approximate surface area is 176 Å². The number of hydrogen-bond acceptors (Lipinski definition) is 3. The van der Waals surface area contributed by atoms with Crippen LogP contribution in [0.2, 0.25) is 0 Å². The lowest BCUT2D eigenvalue weighted by Crippen LogP contribution is -2.39. The molecule has 1 fully saturated rings. The number of piperidine rings is 1. The summed E-state index contributed by atoms with van der Waals surface area (Å²) in [5.41, 5.74) is 5.79. The molecular weight excluding hydrogens is 372 g/mol. The monoisotopic (exact) mass is 396 g/mol. The number of carbonyl (C=O) groups is 1. The van der Waals surface area contributed by atoms with Crippen molar-refractivity contribution in [3.63, 3.8) is 0 Å². The highest BCUT2D eigenvalue weighted by molar-refractivity contribution is 5.94. The third-order valence-corrected chi connectivity index (χ3v) is 5.83. The van der Waals surface area contributed by atoms with E-state index in [0.717, 1.165) is 47.7 Å². The highest BCUT2D eigenvalue weighted by Gasteiger charge is 2.26. The van der Waals surface area contributed by atoms with Crippen molar-refractivity contribution in [1.82, 2.24) is 19.3 Å². The Hall–Kier alpha value is -3.47. The van der Waals surface area contributed by atoms with Crippen LogP contribution in [0.3, 0.4) is 0 Å². The number of aryl methyl sites for hydroxylation is 1. The van der Waals surface area contributed by atoms with E-state index in [1.807, 2.05) is 53.6 Å². The smallest absolute Gasteiger partial charge is 0.253 e. The minimum atomic E-state index is 0.105. The van der Waals surface area contributed by atoms with Gasteiger partial charge in [0.25, 0.3) is 5.91 Å². The van der Waals surface area contributed by atoms with E-state index >= 15 is 0 Å². The SMILES string of the molecule is Cc1ccc2ncc(-c3cccc([C@H]4CCCN(C(=O)c5ccccc5)C4)n3)n2c1. The van der Waals surface area contributed by atoms with Crippen LogP contribution in [0.1, 0.15) is 40.4 Å². The first-order chi connectivity index (χ1) is 14.7. The molecule has 5 nitrogen and oxygen atoms in total. The molecule has 0 aliphatic carbocycles. The van der Waals surface area contributed by atoms with E-state index in [9.17, 15) is 4.79 Å². The quantitative estimate of drug-likeness (QED) is 0.503. The number of likely N-dealkylation sites (tertiary alicyclic amines) is 1. The Bertz CT molecular complexity index is 1200. The van der Waals surface area contributed by atoms with E-state index in [1.54, 1.807) is 0 Å². The summed E-state index contributed by atoms with van der Waals surface area (Å²) in [5.74, 6) is 0.348. The van der Waals surface area contributed by atoms with Gasteiger partial charge in [0.1, 0.15) is 5.65 Å². The normalized spacial score (nSPS) is 16.7. The Morgan fingerprint density at radius 2 is 1.90 bits per heavy atom. The fraction of sp³-hybridized carbons (Fsp3) is 0.240. The number of imidazole rings is 1. The molecule has 0 saturated carbocycles. The number of rotatable bonds is 3. The van der Waals surface area contributed by atoms with Crippen LogP contribution in [0, 0.1) is 6.92 Å². The maximum atomic E-state index is 12.9. The van der Waals surface area contributed by atoms with Gasteiger partial charge in [-0.25, -0.2) is 4.98 Å². The lowest BCUT2D eigenvalue weighted by molar-refractivity contribution is 0.0706. The molecule has 150 valence electrons. The van der Waals surface area contributed by atoms with Gasteiger partial charge in [-0.1, -0.05) is 30.3 Å². The maximum Gasteiger partial charge on any atom is 0.253 e. The first kappa shape index (κ1) is 18.6. The maximum absolute atomic E-state index is 12.9. The molecule has 4 heterocycles. The molecule has 0 bridgehead atoms. The highest BCUT2D eigenvalue weighted by Crippen LogP contribution is 2.29. The molecule has 5 rings (SSSR count). The number of aromatic nitrogens is 3. The van der Waals surface area contributed by atoms with E-state index < -0.39 is 0 Å². The van der Waals surface area contributed by atoms with Gasteiger partial charge < -0.3 is 4.90 Å². The number of benzene rings is 1. The van der Waals surface area contributed by atoms with Crippen LogP contribution >= 0.6 is 0 Å². The van der Waals surface area contributed by atoms with E-state index in [0.29, 0.717) is 6.54 Å². The number of nitrogens with zero attached hydrogens (tertiary/aromatic N) is 4. The summed E-state index contributed by atoms with van der Waals surface area (Å²) < 4.78 is 2.09. The van der Waals surface area contributed by atoms with E-state index in [1.165, 1.54) is 5.56 Å². The average Bonchev–Trinajstić information content (AvgIpc) is 3.22. The molecule has 3 aromatic heterocycles. The fourth-order valence-electron chi connectivity index (χ4n) is 4.26. The number of fused-ring (bicyclic) bond motifs is 1. The molecule has 0 unspecified atom stereocenters. The molecule has 4 aromatic rings. The van der Waals surface area contributed by atoms with Crippen molar-refractivity contribution in [2.75, 3.05) is 13.1 Å². The number of carbonyl (C=O) groups excluding carboxylic acids is 1. The molecule has 30 heavy (non-hydrogen) atoms. The second-order valence-electron chi connectivity index (χ2n) is 7.98. The average molecular weight is 396 g/mol. The molecular formula is C25H24N4O. The fourth-order valence-corrected chi connectivity index (χ4v) is 4.26. The van der Waals surface area contributed by atoms with Crippen LogP contribution in [0.25, 0.3) is 17.0 Å². The minimum absolute atomic E-state index is 0.105. The van der Waals surface area contributed by atoms with Crippen molar-refractivity contribution >= 4 is 11.6 Å². The Kier molecular flexibility index (Phi) is 4.79. The van der Waals surface area contributed by atoms with Gasteiger partial charge in [0.15, 0.2) is 0 Å². The van der Waals surface area contributed by atoms with Crippen molar-refractivity contribution in [2.45, 2.75) is 25.7 Å². The summed E-state index contributed by atoms with van der Waals surface area (Å²) in [4.78, 5) is 24.4. The number of amides is 1. The van der Waals surface area contributed by atoms with Crippen molar-refractivity contribution < 1.29 is 4.79 Å². The van der Waals surface area contributed by atoms with Gasteiger partial charge in [-0.05, 0) is 55.7 Å². The van der Waals surface area contributed by atoms with Crippen LogP contribution in [0.4, 0.5) is 0 Å². The van der Waals surface area contributed by atoms with E-state index in [4.69, 9.17) is 4.98 Å². The summed E-state index contributed by atoms with van der Waals surface area (Å²) in [5, 5.41) is 0. The summed E-state index contributed by atoms with van der Waals surface area (Å²) in [6, 6.07) is 19.8.